The summed E-state index contributed by atoms with van der Waals surface area (Å²) in [5, 5.41) is -0.0646. The van der Waals surface area contributed by atoms with Crippen molar-refractivity contribution < 1.29 is 31.9 Å². The van der Waals surface area contributed by atoms with E-state index >= 15 is 0 Å². The first-order valence-electron chi connectivity index (χ1n) is 7.94. The van der Waals surface area contributed by atoms with Crippen molar-refractivity contribution in [3.63, 3.8) is 0 Å². The van der Waals surface area contributed by atoms with Gasteiger partial charge in [0.2, 0.25) is 11.2 Å². The predicted molar refractivity (Wildman–Crippen MR) is 94.2 cm³/mol. The van der Waals surface area contributed by atoms with Crippen molar-refractivity contribution >= 4 is 16.9 Å². The molecule has 0 aliphatic rings. The highest BCUT2D eigenvalue weighted by atomic mass is 19.4. The molecule has 0 bridgehead atoms. The molecule has 0 saturated carbocycles. The van der Waals surface area contributed by atoms with Crippen LogP contribution in [0.2, 0.25) is 0 Å². The number of fused-ring (bicyclic) bond motifs is 1. The van der Waals surface area contributed by atoms with Crippen molar-refractivity contribution in [2.24, 2.45) is 5.73 Å². The maximum Gasteiger partial charge on any atom is 0.450 e. The second-order valence-electron chi connectivity index (χ2n) is 5.77. The Balaban J connectivity index is 2.22. The zero-order valence-electron chi connectivity index (χ0n) is 14.5. The maximum absolute atomic E-state index is 13.6. The highest BCUT2D eigenvalue weighted by Gasteiger charge is 2.39. The molecule has 0 saturated heterocycles. The molecule has 2 N–H and O–H groups in total. The molecule has 9 heteroatoms. The third-order valence-corrected chi connectivity index (χ3v) is 3.88. The van der Waals surface area contributed by atoms with Crippen LogP contribution >= 0.6 is 0 Å². The Kier molecular flexibility index (Phi) is 5.00. The van der Waals surface area contributed by atoms with E-state index in [2.05, 4.69) is 0 Å². The van der Waals surface area contributed by atoms with Gasteiger partial charge in [0.25, 0.3) is 5.91 Å². The topological polar surface area (TPSA) is 91.8 Å². The smallest absolute Gasteiger partial charge is 0.450 e. The number of primary amides is 1. The van der Waals surface area contributed by atoms with Crippen LogP contribution in [0, 0.1) is 0 Å². The number of carbonyl (C=O) groups is 1. The van der Waals surface area contributed by atoms with Gasteiger partial charge in [-0.05, 0) is 29.8 Å². The van der Waals surface area contributed by atoms with Crippen LogP contribution in [0.5, 0.6) is 11.5 Å². The van der Waals surface area contributed by atoms with E-state index in [1.54, 1.807) is 0 Å². The quantitative estimate of drug-likeness (QED) is 0.718. The summed E-state index contributed by atoms with van der Waals surface area (Å²) in [5.74, 6) is -1.71. The molecule has 0 spiro atoms. The fourth-order valence-corrected chi connectivity index (χ4v) is 2.64. The van der Waals surface area contributed by atoms with Crippen molar-refractivity contribution in [2.45, 2.75) is 6.18 Å². The Bertz CT molecular complexity index is 1090. The minimum absolute atomic E-state index is 0.0397. The number of ether oxygens (including phenoxy) is 2. The summed E-state index contributed by atoms with van der Waals surface area (Å²) in [7, 11) is 1.42. The Morgan fingerprint density at radius 3 is 2.32 bits per heavy atom. The van der Waals surface area contributed by atoms with E-state index in [0.29, 0.717) is 5.75 Å². The molecule has 1 heterocycles. The molecule has 2 aromatic carbocycles. The minimum atomic E-state index is -4.91. The van der Waals surface area contributed by atoms with Gasteiger partial charge < -0.3 is 19.6 Å². The van der Waals surface area contributed by atoms with E-state index in [1.807, 2.05) is 0 Å². The van der Waals surface area contributed by atoms with Crippen molar-refractivity contribution in [3.05, 3.63) is 58.4 Å². The molecule has 146 valence electrons. The van der Waals surface area contributed by atoms with Crippen LogP contribution in [0.1, 0.15) is 5.76 Å². The normalized spacial score (nSPS) is 11.4. The van der Waals surface area contributed by atoms with Crippen molar-refractivity contribution in [1.29, 1.82) is 0 Å². The Hall–Kier alpha value is -3.49. The summed E-state index contributed by atoms with van der Waals surface area (Å²) in [5.41, 5.74) is 3.23. The van der Waals surface area contributed by atoms with E-state index in [4.69, 9.17) is 19.6 Å². The maximum atomic E-state index is 13.6. The molecule has 0 radical (unpaired) electrons. The van der Waals surface area contributed by atoms with Crippen LogP contribution in [0.15, 0.2) is 51.7 Å². The zero-order chi connectivity index (χ0) is 20.5. The monoisotopic (exact) mass is 393 g/mol. The van der Waals surface area contributed by atoms with E-state index in [1.165, 1.54) is 43.5 Å². The Morgan fingerprint density at radius 2 is 1.75 bits per heavy atom. The fraction of sp³-hybridized carbons (Fsp3) is 0.158. The Labute approximate surface area is 156 Å². The van der Waals surface area contributed by atoms with Gasteiger partial charge in [-0.1, -0.05) is 12.1 Å². The van der Waals surface area contributed by atoms with E-state index in [0.717, 1.165) is 6.07 Å². The predicted octanol–water partition coefficient (Wildman–Crippen LogP) is 3.35. The lowest BCUT2D eigenvalue weighted by Crippen LogP contribution is -2.20. The second kappa shape index (κ2) is 7.26. The van der Waals surface area contributed by atoms with E-state index in [9.17, 15) is 22.8 Å². The number of hydrogen-bond donors (Lipinski definition) is 1. The van der Waals surface area contributed by atoms with E-state index < -0.39 is 35.4 Å². The largest absolute Gasteiger partial charge is 0.497 e. The van der Waals surface area contributed by atoms with E-state index in [-0.39, 0.29) is 22.3 Å². The number of benzene rings is 2. The van der Waals surface area contributed by atoms with Crippen LogP contribution in [0.25, 0.3) is 22.1 Å². The molecule has 0 unspecified atom stereocenters. The lowest BCUT2D eigenvalue weighted by Gasteiger charge is -2.13. The zero-order valence-corrected chi connectivity index (χ0v) is 14.5. The molecule has 1 aromatic heterocycles. The molecular formula is C19H14F3NO5. The lowest BCUT2D eigenvalue weighted by molar-refractivity contribution is -0.152. The molecule has 28 heavy (non-hydrogen) atoms. The van der Waals surface area contributed by atoms with Gasteiger partial charge in [0.05, 0.1) is 18.1 Å². The average Bonchev–Trinajstić information content (AvgIpc) is 2.65. The van der Waals surface area contributed by atoms with Crippen molar-refractivity contribution in [2.75, 3.05) is 13.7 Å². The second-order valence-corrected chi connectivity index (χ2v) is 5.77. The number of methoxy groups -OCH3 is 1. The molecule has 0 atom stereocenters. The summed E-state index contributed by atoms with van der Waals surface area (Å²) in [6, 6.07) is 9.29. The van der Waals surface area contributed by atoms with Crippen LogP contribution in [0.4, 0.5) is 13.2 Å². The lowest BCUT2D eigenvalue weighted by atomic mass is 10.0. The highest BCUT2D eigenvalue weighted by molar-refractivity contribution is 5.84. The summed E-state index contributed by atoms with van der Waals surface area (Å²) >= 11 is 0. The molecule has 0 fully saturated rings. The number of rotatable bonds is 5. The third kappa shape index (κ3) is 3.78. The van der Waals surface area contributed by atoms with Gasteiger partial charge in [-0.3, -0.25) is 9.59 Å². The summed E-state index contributed by atoms with van der Waals surface area (Å²) < 4.78 is 55.9. The van der Waals surface area contributed by atoms with Gasteiger partial charge in [0.15, 0.2) is 6.61 Å². The number of halogens is 3. The van der Waals surface area contributed by atoms with Crippen molar-refractivity contribution in [3.8, 4) is 22.6 Å². The standard InChI is InChI=1S/C19H14F3NO5/c1-26-11-4-2-10(3-5-11)16-17(25)13-7-6-12(27-9-15(23)24)8-14(13)28-18(16)19(20,21)22/h2-8H,9H2,1H3,(H2,23,24). The number of hydrogen-bond acceptors (Lipinski definition) is 5. The van der Waals surface area contributed by atoms with Crippen LogP contribution in [0.3, 0.4) is 0 Å². The minimum Gasteiger partial charge on any atom is -0.497 e. The Morgan fingerprint density at radius 1 is 1.11 bits per heavy atom. The number of alkyl halides is 3. The molecular weight excluding hydrogens is 379 g/mol. The number of amides is 1. The van der Waals surface area contributed by atoms with Crippen LogP contribution in [-0.4, -0.2) is 19.6 Å². The molecule has 0 aliphatic heterocycles. The first-order valence-corrected chi connectivity index (χ1v) is 7.94. The summed E-state index contributed by atoms with van der Waals surface area (Å²) in [6.45, 7) is -0.466. The molecule has 1 amide bonds. The SMILES string of the molecule is COc1ccc(-c2c(C(F)(F)F)oc3cc(OCC(N)=O)ccc3c2=O)cc1. The van der Waals surface area contributed by atoms with Gasteiger partial charge in [0.1, 0.15) is 17.1 Å². The van der Waals surface area contributed by atoms with Gasteiger partial charge in [-0.15, -0.1) is 0 Å². The van der Waals surface area contributed by atoms with Crippen LogP contribution in [-0.2, 0) is 11.0 Å². The molecule has 0 aliphatic carbocycles. The number of carbonyl (C=O) groups excluding carboxylic acids is 1. The van der Waals surface area contributed by atoms with Crippen molar-refractivity contribution in [1.82, 2.24) is 0 Å². The highest BCUT2D eigenvalue weighted by Crippen LogP contribution is 2.38. The van der Waals surface area contributed by atoms with Gasteiger partial charge in [-0.25, -0.2) is 0 Å². The van der Waals surface area contributed by atoms with Gasteiger partial charge in [-0.2, -0.15) is 13.2 Å². The summed E-state index contributed by atoms with van der Waals surface area (Å²) in [4.78, 5) is 23.6. The average molecular weight is 393 g/mol. The van der Waals surface area contributed by atoms with Gasteiger partial charge in [0, 0.05) is 6.07 Å². The first-order chi connectivity index (χ1) is 13.2. The molecule has 6 nitrogen and oxygen atoms in total. The van der Waals surface area contributed by atoms with Crippen LogP contribution < -0.4 is 20.6 Å². The summed E-state index contributed by atoms with van der Waals surface area (Å²) in [6.07, 6.45) is -4.91. The third-order valence-electron chi connectivity index (χ3n) is 3.88. The molecule has 3 rings (SSSR count). The number of nitrogens with two attached hydrogens (primary N) is 1. The van der Waals surface area contributed by atoms with Gasteiger partial charge >= 0.3 is 6.18 Å². The first kappa shape index (κ1) is 19.3. The molecule has 3 aromatic rings. The fourth-order valence-electron chi connectivity index (χ4n) is 2.64.